The van der Waals surface area contributed by atoms with E-state index in [1.165, 1.54) is 17.8 Å². The van der Waals surface area contributed by atoms with E-state index < -0.39 is 11.6 Å². The van der Waals surface area contributed by atoms with E-state index in [4.69, 9.17) is 5.11 Å². The van der Waals surface area contributed by atoms with Crippen LogP contribution in [0.25, 0.3) is 0 Å². The van der Waals surface area contributed by atoms with E-state index in [0.29, 0.717) is 11.4 Å². The molecule has 0 bridgehead atoms. The highest BCUT2D eigenvalue weighted by Gasteiger charge is 2.36. The van der Waals surface area contributed by atoms with Crippen LogP contribution in [0.1, 0.15) is 18.9 Å². The number of nitrogens with one attached hydrogen (secondary N) is 1. The Morgan fingerprint density at radius 3 is 2.89 bits per heavy atom. The maximum absolute atomic E-state index is 11.3. The zero-order chi connectivity index (χ0) is 13.3. The Balaban J connectivity index is 2.45. The van der Waals surface area contributed by atoms with E-state index in [1.54, 1.807) is 19.1 Å². The number of carboxylic acids is 1. The average Bonchev–Trinajstić information content (AvgIpc) is 2.36. The van der Waals surface area contributed by atoms with Gasteiger partial charge in [-0.25, -0.2) is 4.79 Å². The smallest absolute Gasteiger partial charge is 0.340 e. The van der Waals surface area contributed by atoms with Gasteiger partial charge in [-0.05, 0) is 24.1 Å². The van der Waals surface area contributed by atoms with Crippen molar-refractivity contribution in [3.05, 3.63) is 23.8 Å². The predicted octanol–water partition coefficient (Wildman–Crippen LogP) is 1.41. The summed E-state index contributed by atoms with van der Waals surface area (Å²) in [6.45, 7) is 1.60. The number of thioether (sulfide) groups is 1. The molecule has 0 radical (unpaired) electrons. The maximum Gasteiger partial charge on any atom is 0.340 e. The van der Waals surface area contributed by atoms with Crippen LogP contribution >= 0.6 is 11.8 Å². The summed E-state index contributed by atoms with van der Waals surface area (Å²) in [5.74, 6) is -1.07. The van der Waals surface area contributed by atoms with E-state index in [0.717, 1.165) is 4.90 Å². The number of carbonyl (C=O) groups excluding carboxylic acids is 1. The summed E-state index contributed by atoms with van der Waals surface area (Å²) in [6.07, 6.45) is 0.0577. The van der Waals surface area contributed by atoms with Gasteiger partial charge in [0.15, 0.2) is 5.60 Å². The van der Waals surface area contributed by atoms with E-state index in [2.05, 4.69) is 5.32 Å². The Morgan fingerprint density at radius 2 is 2.28 bits per heavy atom. The quantitative estimate of drug-likeness (QED) is 0.771. The molecular weight excluding hydrogens is 254 g/mol. The fraction of sp³-hybridized carbons (Fsp3) is 0.333. The first-order valence-corrected chi connectivity index (χ1v) is 6.49. The zero-order valence-electron chi connectivity index (χ0n) is 9.77. The minimum absolute atomic E-state index is 0.0577. The Bertz CT molecular complexity index is 517. The number of fused-ring (bicyclic) bond motifs is 1. The Hall–Kier alpha value is -1.53. The number of carboxylic acid groups (broad SMARTS) is 1. The lowest BCUT2D eigenvalue weighted by molar-refractivity contribution is -0.160. The maximum atomic E-state index is 11.3. The number of rotatable bonds is 3. The summed E-state index contributed by atoms with van der Waals surface area (Å²) >= 11 is 1.39. The summed E-state index contributed by atoms with van der Waals surface area (Å²) < 4.78 is 0. The molecule has 18 heavy (non-hydrogen) atoms. The highest BCUT2D eigenvalue weighted by atomic mass is 32.2. The van der Waals surface area contributed by atoms with Crippen molar-refractivity contribution in [3.8, 4) is 0 Å². The lowest BCUT2D eigenvalue weighted by Gasteiger charge is -2.24. The van der Waals surface area contributed by atoms with Gasteiger partial charge in [0.25, 0.3) is 0 Å². The molecule has 0 saturated carbocycles. The third kappa shape index (κ3) is 2.09. The third-order valence-corrected chi connectivity index (χ3v) is 4.03. The van der Waals surface area contributed by atoms with Gasteiger partial charge in [0, 0.05) is 4.90 Å². The number of anilines is 1. The number of carbonyl (C=O) groups is 2. The Labute approximate surface area is 108 Å². The monoisotopic (exact) mass is 267 g/mol. The molecule has 0 saturated heterocycles. The highest BCUT2D eigenvalue weighted by Crippen LogP contribution is 2.35. The predicted molar refractivity (Wildman–Crippen MR) is 67.6 cm³/mol. The molecule has 1 amide bonds. The second-order valence-corrected chi connectivity index (χ2v) is 5.08. The van der Waals surface area contributed by atoms with Crippen LogP contribution in [-0.2, 0) is 15.2 Å². The molecule has 0 fully saturated rings. The molecule has 1 aliphatic heterocycles. The van der Waals surface area contributed by atoms with Crippen LogP contribution in [0.15, 0.2) is 23.1 Å². The molecule has 96 valence electrons. The molecule has 0 aromatic heterocycles. The number of amides is 1. The van der Waals surface area contributed by atoms with Gasteiger partial charge in [0.2, 0.25) is 5.91 Å². The molecule has 3 N–H and O–H groups in total. The van der Waals surface area contributed by atoms with Crippen molar-refractivity contribution in [2.24, 2.45) is 0 Å². The summed E-state index contributed by atoms with van der Waals surface area (Å²) in [5.41, 5.74) is -1.08. The van der Waals surface area contributed by atoms with Crippen LogP contribution in [0.5, 0.6) is 0 Å². The number of aliphatic carboxylic acids is 1. The fourth-order valence-electron chi connectivity index (χ4n) is 1.82. The molecular formula is C12H13NO4S. The average molecular weight is 267 g/mol. The van der Waals surface area contributed by atoms with Crippen molar-refractivity contribution in [1.29, 1.82) is 0 Å². The number of hydrogen-bond donors (Lipinski definition) is 3. The Morgan fingerprint density at radius 1 is 1.56 bits per heavy atom. The topological polar surface area (TPSA) is 86.6 Å². The first kappa shape index (κ1) is 12.9. The van der Waals surface area contributed by atoms with Crippen molar-refractivity contribution in [1.82, 2.24) is 0 Å². The summed E-state index contributed by atoms with van der Waals surface area (Å²) in [5, 5.41) is 21.9. The van der Waals surface area contributed by atoms with Gasteiger partial charge in [-0.3, -0.25) is 4.79 Å². The highest BCUT2D eigenvalue weighted by molar-refractivity contribution is 8.00. The second-order valence-electron chi connectivity index (χ2n) is 4.07. The molecule has 2 rings (SSSR count). The summed E-state index contributed by atoms with van der Waals surface area (Å²) in [7, 11) is 0. The lowest BCUT2D eigenvalue weighted by Crippen LogP contribution is -2.35. The van der Waals surface area contributed by atoms with E-state index in [-0.39, 0.29) is 17.9 Å². The minimum Gasteiger partial charge on any atom is -0.479 e. The van der Waals surface area contributed by atoms with Gasteiger partial charge in [0.05, 0.1) is 11.4 Å². The van der Waals surface area contributed by atoms with Gasteiger partial charge in [0.1, 0.15) is 0 Å². The van der Waals surface area contributed by atoms with Gasteiger partial charge in [-0.1, -0.05) is 13.0 Å². The minimum atomic E-state index is -1.91. The third-order valence-electron chi connectivity index (χ3n) is 2.96. The molecule has 1 aromatic carbocycles. The van der Waals surface area contributed by atoms with Crippen LogP contribution in [-0.4, -0.2) is 27.8 Å². The Kier molecular flexibility index (Phi) is 3.32. The molecule has 1 heterocycles. The second kappa shape index (κ2) is 4.62. The molecule has 0 aliphatic carbocycles. The van der Waals surface area contributed by atoms with E-state index in [9.17, 15) is 14.7 Å². The molecule has 1 atom stereocenters. The normalized spacial score (nSPS) is 17.6. The number of aliphatic hydroxyl groups is 1. The standard InChI is InChI=1S/C12H13NO4S/c1-2-12(17,11(15)16)7-3-4-9-8(5-7)13-10(14)6-18-9/h3-5,17H,2,6H2,1H3,(H,13,14)(H,15,16). The number of benzene rings is 1. The largest absolute Gasteiger partial charge is 0.479 e. The van der Waals surface area contributed by atoms with Crippen molar-refractivity contribution in [3.63, 3.8) is 0 Å². The molecule has 1 aliphatic rings. The van der Waals surface area contributed by atoms with Crippen LogP contribution in [0.3, 0.4) is 0 Å². The van der Waals surface area contributed by atoms with Gasteiger partial charge < -0.3 is 15.5 Å². The zero-order valence-corrected chi connectivity index (χ0v) is 10.6. The van der Waals surface area contributed by atoms with Crippen molar-refractivity contribution >= 4 is 29.3 Å². The van der Waals surface area contributed by atoms with Crippen molar-refractivity contribution < 1.29 is 19.8 Å². The van der Waals surface area contributed by atoms with E-state index >= 15 is 0 Å². The summed E-state index contributed by atoms with van der Waals surface area (Å²) in [6, 6.07) is 4.83. The first-order valence-electron chi connectivity index (χ1n) is 5.50. The van der Waals surface area contributed by atoms with Gasteiger partial charge in [-0.15, -0.1) is 11.8 Å². The van der Waals surface area contributed by atoms with E-state index in [1.807, 2.05) is 0 Å². The van der Waals surface area contributed by atoms with Gasteiger partial charge in [-0.2, -0.15) is 0 Å². The first-order chi connectivity index (χ1) is 8.47. The van der Waals surface area contributed by atoms with Crippen LogP contribution < -0.4 is 5.32 Å². The van der Waals surface area contributed by atoms with Gasteiger partial charge >= 0.3 is 5.97 Å². The fourth-order valence-corrected chi connectivity index (χ4v) is 2.61. The molecule has 1 aromatic rings. The number of hydrogen-bond acceptors (Lipinski definition) is 4. The van der Waals surface area contributed by atoms with Crippen molar-refractivity contribution in [2.75, 3.05) is 11.1 Å². The van der Waals surface area contributed by atoms with Crippen LogP contribution in [0.4, 0.5) is 5.69 Å². The molecule has 6 heteroatoms. The SMILES string of the molecule is CCC(O)(C(=O)O)c1ccc2c(c1)NC(=O)CS2. The van der Waals surface area contributed by atoms with Crippen molar-refractivity contribution in [2.45, 2.75) is 23.8 Å². The molecule has 1 unspecified atom stereocenters. The lowest BCUT2D eigenvalue weighted by atomic mass is 9.91. The molecule has 0 spiro atoms. The summed E-state index contributed by atoms with van der Waals surface area (Å²) in [4.78, 5) is 23.3. The molecule has 5 nitrogen and oxygen atoms in total. The van der Waals surface area contributed by atoms with Crippen LogP contribution in [0, 0.1) is 0 Å². The van der Waals surface area contributed by atoms with Crippen LogP contribution in [0.2, 0.25) is 0 Å².